The molecule has 21 heavy (non-hydrogen) atoms. The van der Waals surface area contributed by atoms with E-state index in [1.165, 1.54) is 12.1 Å². The predicted molar refractivity (Wildman–Crippen MR) is 83.0 cm³/mol. The van der Waals surface area contributed by atoms with Crippen LogP contribution in [0.15, 0.2) is 46.9 Å². The fourth-order valence-corrected chi connectivity index (χ4v) is 2.04. The van der Waals surface area contributed by atoms with Crippen molar-refractivity contribution in [3.05, 3.63) is 62.6 Å². The molecule has 0 spiro atoms. The molecule has 1 amide bonds. The highest BCUT2D eigenvalue weighted by molar-refractivity contribution is 9.10. The highest BCUT2D eigenvalue weighted by Crippen LogP contribution is 2.28. The zero-order chi connectivity index (χ0) is 15.4. The smallest absolute Gasteiger partial charge is 0.285 e. The van der Waals surface area contributed by atoms with E-state index < -0.39 is 4.92 Å². The first kappa shape index (κ1) is 14.9. The predicted octanol–water partition coefficient (Wildman–Crippen LogP) is 2.90. The number of nitro benzene ring substituents is 1. The second kappa shape index (κ2) is 6.33. The van der Waals surface area contributed by atoms with E-state index in [1.807, 2.05) is 0 Å². The molecule has 0 bridgehead atoms. The minimum absolute atomic E-state index is 0.115. The van der Waals surface area contributed by atoms with Gasteiger partial charge in [0.2, 0.25) is 0 Å². The summed E-state index contributed by atoms with van der Waals surface area (Å²) < 4.78 is 0.351. The number of hydrogen-bond donors (Lipinski definition) is 3. The zero-order valence-corrected chi connectivity index (χ0v) is 12.3. The van der Waals surface area contributed by atoms with E-state index in [4.69, 9.17) is 5.84 Å². The second-order valence-corrected chi connectivity index (χ2v) is 4.95. The van der Waals surface area contributed by atoms with Crippen molar-refractivity contribution in [3.8, 4) is 0 Å². The van der Waals surface area contributed by atoms with Crippen LogP contribution in [0.1, 0.15) is 10.4 Å². The van der Waals surface area contributed by atoms with Crippen molar-refractivity contribution in [3.63, 3.8) is 0 Å². The number of benzene rings is 2. The molecule has 0 aliphatic carbocycles. The third-order valence-electron chi connectivity index (χ3n) is 2.71. The van der Waals surface area contributed by atoms with Crippen molar-refractivity contribution >= 4 is 38.9 Å². The maximum Gasteiger partial charge on any atom is 0.285 e. The molecule has 0 saturated carbocycles. The lowest BCUT2D eigenvalue weighted by atomic mass is 10.2. The summed E-state index contributed by atoms with van der Waals surface area (Å²) in [6.07, 6.45) is 0. The molecule has 2 aromatic rings. The maximum absolute atomic E-state index is 12.0. The normalized spacial score (nSPS) is 10.0. The molecule has 0 radical (unpaired) electrons. The van der Waals surface area contributed by atoms with Crippen LogP contribution in [0.3, 0.4) is 0 Å². The fourth-order valence-electron chi connectivity index (χ4n) is 1.65. The van der Waals surface area contributed by atoms with Gasteiger partial charge in [0.05, 0.1) is 9.40 Å². The van der Waals surface area contributed by atoms with Gasteiger partial charge in [0, 0.05) is 23.0 Å². The summed E-state index contributed by atoms with van der Waals surface area (Å²) in [7, 11) is 0. The number of nitrogens with two attached hydrogens (primary N) is 1. The van der Waals surface area contributed by atoms with Gasteiger partial charge in [-0.15, -0.1) is 0 Å². The van der Waals surface area contributed by atoms with Crippen LogP contribution in [0.4, 0.5) is 17.1 Å². The topological polar surface area (TPSA) is 110 Å². The second-order valence-electron chi connectivity index (χ2n) is 4.10. The molecular weight excluding hydrogens is 340 g/mol. The highest BCUT2D eigenvalue weighted by atomic mass is 79.9. The number of carbonyl (C=O) groups excluding carboxylic acids is 1. The molecule has 0 aliphatic rings. The fraction of sp³-hybridized carbons (Fsp3) is 0. The molecule has 0 fully saturated rings. The van der Waals surface area contributed by atoms with Gasteiger partial charge >= 0.3 is 0 Å². The Kier molecular flexibility index (Phi) is 4.51. The SMILES string of the molecule is NNc1ccc(C(=O)Nc2ccc(Br)c([N+](=O)[O-])c2)cc1. The summed E-state index contributed by atoms with van der Waals surface area (Å²) >= 11 is 3.08. The monoisotopic (exact) mass is 350 g/mol. The zero-order valence-electron chi connectivity index (χ0n) is 10.7. The maximum atomic E-state index is 12.0. The molecule has 0 atom stereocenters. The summed E-state index contributed by atoms with van der Waals surface area (Å²) in [5.41, 5.74) is 3.77. The van der Waals surface area contributed by atoms with Gasteiger partial charge < -0.3 is 10.7 Å². The number of nitrogens with one attached hydrogen (secondary N) is 2. The van der Waals surface area contributed by atoms with E-state index >= 15 is 0 Å². The van der Waals surface area contributed by atoms with Crippen LogP contribution in [-0.4, -0.2) is 10.8 Å². The lowest BCUT2D eigenvalue weighted by Gasteiger charge is -2.06. The minimum Gasteiger partial charge on any atom is -0.324 e. The summed E-state index contributed by atoms with van der Waals surface area (Å²) in [5.74, 6) is 4.87. The average Bonchev–Trinajstić information content (AvgIpc) is 2.49. The molecule has 7 nitrogen and oxygen atoms in total. The summed E-state index contributed by atoms with van der Waals surface area (Å²) in [6, 6.07) is 10.9. The summed E-state index contributed by atoms with van der Waals surface area (Å²) in [5, 5.41) is 13.4. The molecule has 0 unspecified atom stereocenters. The lowest BCUT2D eigenvalue weighted by molar-refractivity contribution is -0.385. The van der Waals surface area contributed by atoms with Crippen LogP contribution in [0.2, 0.25) is 0 Å². The molecule has 2 rings (SSSR count). The number of nitrogen functional groups attached to an aromatic ring is 1. The molecule has 108 valence electrons. The Labute approximate surface area is 128 Å². The Morgan fingerprint density at radius 2 is 1.76 bits per heavy atom. The van der Waals surface area contributed by atoms with E-state index in [1.54, 1.807) is 30.3 Å². The van der Waals surface area contributed by atoms with Crippen molar-refractivity contribution in [1.82, 2.24) is 0 Å². The van der Waals surface area contributed by atoms with Crippen LogP contribution in [-0.2, 0) is 0 Å². The first-order valence-electron chi connectivity index (χ1n) is 5.83. The molecule has 0 aliphatic heterocycles. The van der Waals surface area contributed by atoms with Crippen molar-refractivity contribution in [2.45, 2.75) is 0 Å². The standard InChI is InChI=1S/C13H11BrN4O3/c14-11-6-5-10(7-12(11)18(20)21)16-13(19)8-1-3-9(17-15)4-2-8/h1-7,17H,15H2,(H,16,19). The van der Waals surface area contributed by atoms with Gasteiger partial charge in [-0.3, -0.25) is 20.8 Å². The van der Waals surface area contributed by atoms with E-state index in [2.05, 4.69) is 26.7 Å². The van der Waals surface area contributed by atoms with Crippen LogP contribution < -0.4 is 16.6 Å². The molecule has 4 N–H and O–H groups in total. The van der Waals surface area contributed by atoms with Crippen molar-refractivity contribution < 1.29 is 9.72 Å². The number of hydrogen-bond acceptors (Lipinski definition) is 5. The van der Waals surface area contributed by atoms with Crippen LogP contribution in [0, 0.1) is 10.1 Å². The van der Waals surface area contributed by atoms with Gasteiger partial charge in [0.15, 0.2) is 0 Å². The van der Waals surface area contributed by atoms with Gasteiger partial charge in [-0.2, -0.15) is 0 Å². The summed E-state index contributed by atoms with van der Waals surface area (Å²) in [6.45, 7) is 0. The molecular formula is C13H11BrN4O3. The minimum atomic E-state index is -0.526. The van der Waals surface area contributed by atoms with Gasteiger partial charge in [0.1, 0.15) is 0 Å². The number of nitro groups is 1. The summed E-state index contributed by atoms with van der Waals surface area (Å²) in [4.78, 5) is 22.4. The number of anilines is 2. The Morgan fingerprint density at radius 1 is 1.14 bits per heavy atom. The third kappa shape index (κ3) is 3.56. The van der Waals surface area contributed by atoms with Crippen molar-refractivity contribution in [2.24, 2.45) is 5.84 Å². The van der Waals surface area contributed by atoms with Crippen molar-refractivity contribution in [2.75, 3.05) is 10.7 Å². The van der Waals surface area contributed by atoms with Gasteiger partial charge in [-0.05, 0) is 52.3 Å². The average molecular weight is 351 g/mol. The van der Waals surface area contributed by atoms with Crippen LogP contribution in [0.25, 0.3) is 0 Å². The molecule has 0 aromatic heterocycles. The molecule has 2 aromatic carbocycles. The first-order chi connectivity index (χ1) is 10.0. The Balaban J connectivity index is 2.19. The Bertz CT molecular complexity index is 688. The van der Waals surface area contributed by atoms with Gasteiger partial charge in [-0.25, -0.2) is 0 Å². The number of hydrazine groups is 1. The number of rotatable bonds is 4. The Hall–Kier alpha value is -2.45. The Morgan fingerprint density at radius 3 is 2.33 bits per heavy atom. The molecule has 8 heteroatoms. The molecule has 0 heterocycles. The first-order valence-corrected chi connectivity index (χ1v) is 6.62. The number of nitrogens with zero attached hydrogens (tertiary/aromatic N) is 1. The number of amides is 1. The van der Waals surface area contributed by atoms with E-state index in [9.17, 15) is 14.9 Å². The third-order valence-corrected chi connectivity index (χ3v) is 3.39. The van der Waals surface area contributed by atoms with E-state index in [-0.39, 0.29) is 11.6 Å². The van der Waals surface area contributed by atoms with E-state index in [0.29, 0.717) is 21.4 Å². The number of halogens is 1. The van der Waals surface area contributed by atoms with E-state index in [0.717, 1.165) is 0 Å². The van der Waals surface area contributed by atoms with Crippen molar-refractivity contribution in [1.29, 1.82) is 0 Å². The molecule has 0 saturated heterocycles. The quantitative estimate of drug-likeness (QED) is 0.446. The van der Waals surface area contributed by atoms with Crippen LogP contribution >= 0.6 is 15.9 Å². The number of carbonyl (C=O) groups is 1. The highest BCUT2D eigenvalue weighted by Gasteiger charge is 2.14. The largest absolute Gasteiger partial charge is 0.324 e. The van der Waals surface area contributed by atoms with Gasteiger partial charge in [0.25, 0.3) is 11.6 Å². The lowest BCUT2D eigenvalue weighted by Crippen LogP contribution is -2.12. The van der Waals surface area contributed by atoms with Crippen LogP contribution in [0.5, 0.6) is 0 Å². The van der Waals surface area contributed by atoms with Gasteiger partial charge in [-0.1, -0.05) is 0 Å².